The van der Waals surface area contributed by atoms with Gasteiger partial charge in [0, 0.05) is 6.42 Å². The van der Waals surface area contributed by atoms with E-state index < -0.39 is 0 Å². The molecule has 0 saturated carbocycles. The summed E-state index contributed by atoms with van der Waals surface area (Å²) < 4.78 is 5.04. The van der Waals surface area contributed by atoms with Crippen LogP contribution in [0.15, 0.2) is 4.52 Å². The molecule has 0 aromatic carbocycles. The SMILES string of the molecule is CNC(C)(C)c1nc(CCO)no1. The second-order valence-electron chi connectivity index (χ2n) is 3.36. The van der Waals surface area contributed by atoms with E-state index in [1.54, 1.807) is 0 Å². The molecule has 1 aromatic heterocycles. The van der Waals surface area contributed by atoms with Crippen molar-refractivity contribution in [3.05, 3.63) is 11.7 Å². The van der Waals surface area contributed by atoms with Crippen molar-refractivity contribution < 1.29 is 9.63 Å². The molecule has 74 valence electrons. The number of nitrogens with zero attached hydrogens (tertiary/aromatic N) is 2. The Hall–Kier alpha value is -0.940. The molecule has 0 amide bonds. The zero-order chi connectivity index (χ0) is 9.90. The molecule has 5 nitrogen and oxygen atoms in total. The molecule has 1 heterocycles. The Morgan fingerprint density at radius 1 is 1.54 bits per heavy atom. The smallest absolute Gasteiger partial charge is 0.246 e. The molecule has 13 heavy (non-hydrogen) atoms. The van der Waals surface area contributed by atoms with Crippen LogP contribution in [-0.2, 0) is 12.0 Å². The third-order valence-corrected chi connectivity index (χ3v) is 1.96. The predicted octanol–water partition coefficient (Wildman–Crippen LogP) is 0.0589. The van der Waals surface area contributed by atoms with Crippen LogP contribution in [0.5, 0.6) is 0 Å². The van der Waals surface area contributed by atoms with E-state index in [-0.39, 0.29) is 12.1 Å². The van der Waals surface area contributed by atoms with Crippen LogP contribution in [0.3, 0.4) is 0 Å². The summed E-state index contributed by atoms with van der Waals surface area (Å²) >= 11 is 0. The summed E-state index contributed by atoms with van der Waals surface area (Å²) in [4.78, 5) is 4.14. The first-order valence-electron chi connectivity index (χ1n) is 4.23. The lowest BCUT2D eigenvalue weighted by Gasteiger charge is -2.17. The van der Waals surface area contributed by atoms with Gasteiger partial charge >= 0.3 is 0 Å². The molecule has 0 fully saturated rings. The Morgan fingerprint density at radius 3 is 2.77 bits per heavy atom. The van der Waals surface area contributed by atoms with Gasteiger partial charge in [-0.1, -0.05) is 5.16 Å². The lowest BCUT2D eigenvalue weighted by molar-refractivity contribution is 0.275. The van der Waals surface area contributed by atoms with Gasteiger partial charge in [0.1, 0.15) is 0 Å². The fourth-order valence-electron chi connectivity index (χ4n) is 0.816. The van der Waals surface area contributed by atoms with Crippen molar-refractivity contribution >= 4 is 0 Å². The molecule has 1 aromatic rings. The minimum atomic E-state index is -0.319. The fourth-order valence-corrected chi connectivity index (χ4v) is 0.816. The highest BCUT2D eigenvalue weighted by molar-refractivity contribution is 4.98. The van der Waals surface area contributed by atoms with Crippen LogP contribution in [0.25, 0.3) is 0 Å². The minimum absolute atomic E-state index is 0.0406. The summed E-state index contributed by atoms with van der Waals surface area (Å²) in [5, 5.41) is 15.4. The molecule has 5 heteroatoms. The van der Waals surface area contributed by atoms with Crippen LogP contribution in [-0.4, -0.2) is 28.9 Å². The second-order valence-corrected chi connectivity index (χ2v) is 3.36. The molecule has 0 unspecified atom stereocenters. The summed E-state index contributed by atoms with van der Waals surface area (Å²) in [6.07, 6.45) is 0.434. The standard InChI is InChI=1S/C8H15N3O2/c1-8(2,9-3)7-10-6(4-5-12)11-13-7/h9,12H,4-5H2,1-3H3. The van der Waals surface area contributed by atoms with Gasteiger partial charge in [0.2, 0.25) is 5.89 Å². The maximum atomic E-state index is 8.65. The quantitative estimate of drug-likeness (QED) is 0.694. The molecule has 1 rings (SSSR count). The van der Waals surface area contributed by atoms with Gasteiger partial charge in [0.25, 0.3) is 0 Å². The van der Waals surface area contributed by atoms with Crippen LogP contribution in [0.2, 0.25) is 0 Å². The number of hydrogen-bond donors (Lipinski definition) is 2. The molecule has 0 spiro atoms. The van der Waals surface area contributed by atoms with E-state index >= 15 is 0 Å². The van der Waals surface area contributed by atoms with E-state index in [0.29, 0.717) is 18.1 Å². The first-order valence-corrected chi connectivity index (χ1v) is 4.23. The van der Waals surface area contributed by atoms with Gasteiger partial charge in [-0.25, -0.2) is 0 Å². The Kier molecular flexibility index (Phi) is 3.00. The summed E-state index contributed by atoms with van der Waals surface area (Å²) in [5.74, 6) is 1.08. The fraction of sp³-hybridized carbons (Fsp3) is 0.750. The van der Waals surface area contributed by atoms with Crippen molar-refractivity contribution in [1.82, 2.24) is 15.5 Å². The second kappa shape index (κ2) is 3.85. The Balaban J connectivity index is 2.79. The van der Waals surface area contributed by atoms with Crippen molar-refractivity contribution in [3.63, 3.8) is 0 Å². The number of hydrogen-bond acceptors (Lipinski definition) is 5. The van der Waals surface area contributed by atoms with E-state index in [2.05, 4.69) is 15.5 Å². The van der Waals surface area contributed by atoms with Crippen molar-refractivity contribution in [2.24, 2.45) is 0 Å². The van der Waals surface area contributed by atoms with Crippen LogP contribution in [0.1, 0.15) is 25.6 Å². The maximum Gasteiger partial charge on any atom is 0.246 e. The number of rotatable bonds is 4. The molecule has 0 atom stereocenters. The maximum absolute atomic E-state index is 8.65. The van der Waals surface area contributed by atoms with Gasteiger partial charge in [-0.2, -0.15) is 4.98 Å². The monoisotopic (exact) mass is 185 g/mol. The Bertz CT molecular complexity index is 270. The molecule has 0 aliphatic carbocycles. The van der Waals surface area contributed by atoms with E-state index in [9.17, 15) is 0 Å². The first kappa shape index (κ1) is 10.1. The van der Waals surface area contributed by atoms with Crippen molar-refractivity contribution in [1.29, 1.82) is 0 Å². The van der Waals surface area contributed by atoms with Gasteiger partial charge in [-0.15, -0.1) is 0 Å². The van der Waals surface area contributed by atoms with Gasteiger partial charge in [-0.05, 0) is 20.9 Å². The highest BCUT2D eigenvalue weighted by Gasteiger charge is 2.24. The van der Waals surface area contributed by atoms with Gasteiger partial charge < -0.3 is 14.9 Å². The third kappa shape index (κ3) is 2.26. The zero-order valence-electron chi connectivity index (χ0n) is 8.16. The number of aliphatic hydroxyl groups excluding tert-OH is 1. The lowest BCUT2D eigenvalue weighted by Crippen LogP contribution is -2.33. The Morgan fingerprint density at radius 2 is 2.23 bits per heavy atom. The van der Waals surface area contributed by atoms with Gasteiger partial charge in [-0.3, -0.25) is 0 Å². The summed E-state index contributed by atoms with van der Waals surface area (Å²) in [5.41, 5.74) is -0.319. The van der Waals surface area contributed by atoms with Crippen molar-refractivity contribution in [3.8, 4) is 0 Å². The first-order chi connectivity index (χ1) is 6.10. The van der Waals surface area contributed by atoms with Crippen molar-refractivity contribution in [2.75, 3.05) is 13.7 Å². The van der Waals surface area contributed by atoms with Crippen molar-refractivity contribution in [2.45, 2.75) is 25.8 Å². The summed E-state index contributed by atoms with van der Waals surface area (Å²) in [7, 11) is 1.83. The minimum Gasteiger partial charge on any atom is -0.396 e. The van der Waals surface area contributed by atoms with E-state index in [4.69, 9.17) is 9.63 Å². The number of nitrogens with one attached hydrogen (secondary N) is 1. The molecule has 0 saturated heterocycles. The van der Waals surface area contributed by atoms with E-state index in [1.807, 2.05) is 20.9 Å². The van der Waals surface area contributed by atoms with Gasteiger partial charge in [0.15, 0.2) is 5.82 Å². The number of aromatic nitrogens is 2. The van der Waals surface area contributed by atoms with Gasteiger partial charge in [0.05, 0.1) is 12.1 Å². The molecular weight excluding hydrogens is 170 g/mol. The average Bonchev–Trinajstić information content (AvgIpc) is 2.54. The normalized spacial score (nSPS) is 12.0. The topological polar surface area (TPSA) is 71.2 Å². The summed E-state index contributed by atoms with van der Waals surface area (Å²) in [6, 6.07) is 0. The average molecular weight is 185 g/mol. The molecule has 0 aliphatic heterocycles. The largest absolute Gasteiger partial charge is 0.396 e. The van der Waals surface area contributed by atoms with Crippen LogP contribution < -0.4 is 5.32 Å². The van der Waals surface area contributed by atoms with Crippen LogP contribution >= 0.6 is 0 Å². The Labute approximate surface area is 77.2 Å². The summed E-state index contributed by atoms with van der Waals surface area (Å²) in [6.45, 7) is 3.94. The molecular formula is C8H15N3O2. The molecule has 2 N–H and O–H groups in total. The zero-order valence-corrected chi connectivity index (χ0v) is 8.16. The molecule has 0 bridgehead atoms. The number of aliphatic hydroxyl groups is 1. The lowest BCUT2D eigenvalue weighted by atomic mass is 10.1. The molecule has 0 aliphatic rings. The third-order valence-electron chi connectivity index (χ3n) is 1.96. The van der Waals surface area contributed by atoms with Crippen LogP contribution in [0.4, 0.5) is 0 Å². The predicted molar refractivity (Wildman–Crippen MR) is 47.2 cm³/mol. The van der Waals surface area contributed by atoms with E-state index in [0.717, 1.165) is 0 Å². The highest BCUT2D eigenvalue weighted by Crippen LogP contribution is 2.16. The molecule has 0 radical (unpaired) electrons. The van der Waals surface area contributed by atoms with Crippen LogP contribution in [0, 0.1) is 0 Å². The highest BCUT2D eigenvalue weighted by atomic mass is 16.5. The van der Waals surface area contributed by atoms with E-state index in [1.165, 1.54) is 0 Å².